The molecule has 1 amide bonds. The van der Waals surface area contributed by atoms with E-state index in [1.54, 1.807) is 11.3 Å². The van der Waals surface area contributed by atoms with Crippen molar-refractivity contribution in [2.24, 2.45) is 0 Å². The van der Waals surface area contributed by atoms with Crippen LogP contribution in [0.3, 0.4) is 0 Å². The van der Waals surface area contributed by atoms with Crippen molar-refractivity contribution in [2.45, 2.75) is 26.8 Å². The summed E-state index contributed by atoms with van der Waals surface area (Å²) >= 11 is 1.58. The highest BCUT2D eigenvalue weighted by molar-refractivity contribution is 7.09. The second kappa shape index (κ2) is 6.52. The Morgan fingerprint density at radius 2 is 2.05 bits per heavy atom. The molecule has 0 saturated heterocycles. The van der Waals surface area contributed by atoms with Crippen LogP contribution in [0.2, 0.25) is 0 Å². The topological polar surface area (TPSA) is 51.2 Å². The molecule has 1 N–H and O–H groups in total. The summed E-state index contributed by atoms with van der Waals surface area (Å²) in [5.41, 5.74) is 2.05. The van der Waals surface area contributed by atoms with E-state index in [2.05, 4.69) is 10.3 Å². The maximum Gasteiger partial charge on any atom is 0.258 e. The van der Waals surface area contributed by atoms with Crippen molar-refractivity contribution in [2.75, 3.05) is 6.61 Å². The van der Waals surface area contributed by atoms with E-state index >= 15 is 0 Å². The molecule has 20 heavy (non-hydrogen) atoms. The molecule has 106 valence electrons. The SMILES string of the molecule is Cc1ccc(OCC(=O)NC(C)c2csc(C)n2)cc1. The minimum atomic E-state index is -0.149. The molecule has 1 atom stereocenters. The molecule has 0 saturated carbocycles. The maximum absolute atomic E-state index is 11.8. The summed E-state index contributed by atoms with van der Waals surface area (Å²) < 4.78 is 5.43. The van der Waals surface area contributed by atoms with E-state index in [1.807, 2.05) is 50.4 Å². The van der Waals surface area contributed by atoms with E-state index in [9.17, 15) is 4.79 Å². The van der Waals surface area contributed by atoms with Crippen LogP contribution in [0, 0.1) is 13.8 Å². The molecule has 0 aliphatic rings. The number of carbonyl (C=O) groups excluding carboxylic acids is 1. The number of nitrogens with zero attached hydrogens (tertiary/aromatic N) is 1. The first-order chi connectivity index (χ1) is 9.54. The lowest BCUT2D eigenvalue weighted by Gasteiger charge is -2.12. The standard InChI is InChI=1S/C15H18N2O2S/c1-10-4-6-13(7-5-10)19-8-15(18)16-11(2)14-9-20-12(3)17-14/h4-7,9,11H,8H2,1-3H3,(H,16,18). The highest BCUT2D eigenvalue weighted by atomic mass is 32.1. The summed E-state index contributed by atoms with van der Waals surface area (Å²) in [6.45, 7) is 5.88. The molecule has 0 aliphatic carbocycles. The summed E-state index contributed by atoms with van der Waals surface area (Å²) in [4.78, 5) is 16.2. The predicted octanol–water partition coefficient (Wildman–Crippen LogP) is 3.02. The Bertz CT molecular complexity index is 578. The van der Waals surface area contributed by atoms with Gasteiger partial charge in [0.2, 0.25) is 0 Å². The van der Waals surface area contributed by atoms with Crippen molar-refractivity contribution in [3.8, 4) is 5.75 Å². The van der Waals surface area contributed by atoms with Gasteiger partial charge < -0.3 is 10.1 Å². The lowest BCUT2D eigenvalue weighted by atomic mass is 10.2. The molecule has 0 aliphatic heterocycles. The Kier molecular flexibility index (Phi) is 4.74. The second-order valence-electron chi connectivity index (χ2n) is 4.68. The number of thiazole rings is 1. The van der Waals surface area contributed by atoms with Gasteiger partial charge in [0.15, 0.2) is 6.61 Å². The molecule has 0 bridgehead atoms. The number of benzene rings is 1. The molecule has 2 aromatic rings. The number of rotatable bonds is 5. The van der Waals surface area contributed by atoms with Crippen molar-refractivity contribution >= 4 is 17.2 Å². The first-order valence-corrected chi connectivity index (χ1v) is 7.33. The number of hydrogen-bond acceptors (Lipinski definition) is 4. The van der Waals surface area contributed by atoms with E-state index < -0.39 is 0 Å². The van der Waals surface area contributed by atoms with Crippen LogP contribution >= 0.6 is 11.3 Å². The molecule has 4 nitrogen and oxygen atoms in total. The first kappa shape index (κ1) is 14.5. The molecule has 1 aromatic heterocycles. The van der Waals surface area contributed by atoms with Gasteiger partial charge >= 0.3 is 0 Å². The fourth-order valence-electron chi connectivity index (χ4n) is 1.72. The van der Waals surface area contributed by atoms with Crippen molar-refractivity contribution in [1.29, 1.82) is 0 Å². The molecule has 0 radical (unpaired) electrons. The number of carbonyl (C=O) groups is 1. The summed E-state index contributed by atoms with van der Waals surface area (Å²) in [7, 11) is 0. The Morgan fingerprint density at radius 1 is 1.35 bits per heavy atom. The first-order valence-electron chi connectivity index (χ1n) is 6.45. The van der Waals surface area contributed by atoms with Gasteiger partial charge in [-0.2, -0.15) is 0 Å². The fraction of sp³-hybridized carbons (Fsp3) is 0.333. The monoisotopic (exact) mass is 290 g/mol. The third-order valence-corrected chi connectivity index (χ3v) is 3.64. The van der Waals surface area contributed by atoms with Gasteiger partial charge in [-0.15, -0.1) is 11.3 Å². The highest BCUT2D eigenvalue weighted by Gasteiger charge is 2.12. The van der Waals surface area contributed by atoms with Crippen LogP contribution in [0.25, 0.3) is 0 Å². The Hall–Kier alpha value is -1.88. The van der Waals surface area contributed by atoms with Gasteiger partial charge in [-0.3, -0.25) is 4.79 Å². The zero-order valence-electron chi connectivity index (χ0n) is 11.8. The zero-order chi connectivity index (χ0) is 14.5. The van der Waals surface area contributed by atoms with Gasteiger partial charge in [0, 0.05) is 5.38 Å². The van der Waals surface area contributed by atoms with Crippen LogP contribution in [-0.4, -0.2) is 17.5 Å². The van der Waals surface area contributed by atoms with Crippen LogP contribution in [0.1, 0.15) is 29.2 Å². The van der Waals surface area contributed by atoms with Crippen LogP contribution in [0.15, 0.2) is 29.6 Å². The van der Waals surface area contributed by atoms with E-state index in [0.717, 1.165) is 16.3 Å². The number of aryl methyl sites for hydroxylation is 2. The summed E-state index contributed by atoms with van der Waals surface area (Å²) in [6.07, 6.45) is 0. The minimum Gasteiger partial charge on any atom is -0.484 e. The summed E-state index contributed by atoms with van der Waals surface area (Å²) in [5, 5.41) is 5.83. The van der Waals surface area contributed by atoms with Gasteiger partial charge in [-0.05, 0) is 32.9 Å². The second-order valence-corrected chi connectivity index (χ2v) is 5.74. The third-order valence-electron chi connectivity index (χ3n) is 2.85. The van der Waals surface area contributed by atoms with Crippen molar-refractivity contribution in [3.63, 3.8) is 0 Å². The minimum absolute atomic E-state index is 0.0104. The zero-order valence-corrected chi connectivity index (χ0v) is 12.7. The Balaban J connectivity index is 1.82. The van der Waals surface area contributed by atoms with Gasteiger partial charge in [0.1, 0.15) is 5.75 Å². The number of aromatic nitrogens is 1. The Morgan fingerprint density at radius 3 is 2.65 bits per heavy atom. The lowest BCUT2D eigenvalue weighted by Crippen LogP contribution is -2.31. The van der Waals surface area contributed by atoms with Crippen molar-refractivity contribution < 1.29 is 9.53 Å². The Labute approximate surface area is 122 Å². The molecule has 5 heteroatoms. The molecule has 1 unspecified atom stereocenters. The van der Waals surface area contributed by atoms with Gasteiger partial charge in [-0.1, -0.05) is 17.7 Å². The van der Waals surface area contributed by atoms with Crippen LogP contribution in [-0.2, 0) is 4.79 Å². The molecule has 2 rings (SSSR count). The maximum atomic E-state index is 11.8. The van der Waals surface area contributed by atoms with Crippen molar-refractivity contribution in [1.82, 2.24) is 10.3 Å². The number of amides is 1. The summed E-state index contributed by atoms with van der Waals surface area (Å²) in [5.74, 6) is 0.548. The molecule has 1 heterocycles. The average molecular weight is 290 g/mol. The van der Waals surface area contributed by atoms with Crippen molar-refractivity contribution in [3.05, 3.63) is 45.9 Å². The van der Waals surface area contributed by atoms with Gasteiger partial charge in [-0.25, -0.2) is 4.98 Å². The predicted molar refractivity (Wildman–Crippen MR) is 80.1 cm³/mol. The third kappa shape index (κ3) is 4.06. The molecular formula is C15H18N2O2S. The smallest absolute Gasteiger partial charge is 0.258 e. The van der Waals surface area contributed by atoms with Crippen LogP contribution < -0.4 is 10.1 Å². The number of nitrogens with one attached hydrogen (secondary N) is 1. The highest BCUT2D eigenvalue weighted by Crippen LogP contribution is 2.15. The number of hydrogen-bond donors (Lipinski definition) is 1. The van der Waals surface area contributed by atoms with Crippen LogP contribution in [0.5, 0.6) is 5.75 Å². The average Bonchev–Trinajstić information content (AvgIpc) is 2.85. The van der Waals surface area contributed by atoms with Crippen LogP contribution in [0.4, 0.5) is 0 Å². The normalized spacial score (nSPS) is 11.9. The van der Waals surface area contributed by atoms with E-state index in [-0.39, 0.29) is 18.6 Å². The molecule has 0 fully saturated rings. The molecule has 1 aromatic carbocycles. The molecule has 0 spiro atoms. The summed E-state index contributed by atoms with van der Waals surface area (Å²) in [6, 6.07) is 7.52. The fourth-order valence-corrected chi connectivity index (χ4v) is 2.43. The van der Waals surface area contributed by atoms with E-state index in [0.29, 0.717) is 5.75 Å². The quantitative estimate of drug-likeness (QED) is 0.921. The lowest BCUT2D eigenvalue weighted by molar-refractivity contribution is -0.123. The van der Waals surface area contributed by atoms with E-state index in [1.165, 1.54) is 0 Å². The number of ether oxygens (including phenoxy) is 1. The largest absolute Gasteiger partial charge is 0.484 e. The van der Waals surface area contributed by atoms with Gasteiger partial charge in [0.05, 0.1) is 16.7 Å². The molecular weight excluding hydrogens is 272 g/mol. The van der Waals surface area contributed by atoms with E-state index in [4.69, 9.17) is 4.74 Å². The van der Waals surface area contributed by atoms with Gasteiger partial charge in [0.25, 0.3) is 5.91 Å².